The van der Waals surface area contributed by atoms with Crippen molar-refractivity contribution in [1.82, 2.24) is 4.72 Å². The fraction of sp³-hybridized carbons (Fsp3) is 0.500. The quantitative estimate of drug-likeness (QED) is 0.796. The molecular formula is C10H15NO4S. The summed E-state index contributed by atoms with van der Waals surface area (Å²) in [4.78, 5) is 11.3. The van der Waals surface area contributed by atoms with Gasteiger partial charge in [-0.25, -0.2) is 17.9 Å². The zero-order chi connectivity index (χ0) is 12.4. The van der Waals surface area contributed by atoms with Gasteiger partial charge in [0.1, 0.15) is 10.9 Å². The van der Waals surface area contributed by atoms with Crippen molar-refractivity contribution in [3.05, 3.63) is 24.3 Å². The molecule has 16 heavy (non-hydrogen) atoms. The number of carbonyl (C=O) groups is 1. The second-order valence-electron chi connectivity index (χ2n) is 4.38. The molecule has 0 fully saturated rings. The van der Waals surface area contributed by atoms with Crippen LogP contribution in [0.2, 0.25) is 0 Å². The average molecular weight is 245 g/mol. The maximum atomic E-state index is 11.6. The number of allylic oxidation sites excluding steroid dienone is 2. The maximum absolute atomic E-state index is 11.6. The van der Waals surface area contributed by atoms with Crippen molar-refractivity contribution in [2.24, 2.45) is 0 Å². The van der Waals surface area contributed by atoms with Crippen molar-refractivity contribution < 1.29 is 17.9 Å². The summed E-state index contributed by atoms with van der Waals surface area (Å²) in [6.45, 7) is 4.98. The molecule has 0 saturated carbocycles. The SMILES string of the molecule is CC(C)(C)OC(=O)NS(=O)(=O)C1C=CC=C1. The average Bonchev–Trinajstić information content (AvgIpc) is 2.49. The molecule has 0 unspecified atom stereocenters. The van der Waals surface area contributed by atoms with Crippen LogP contribution < -0.4 is 4.72 Å². The Hall–Kier alpha value is -1.30. The Labute approximate surface area is 95.2 Å². The van der Waals surface area contributed by atoms with E-state index < -0.39 is 27.0 Å². The van der Waals surface area contributed by atoms with E-state index in [4.69, 9.17) is 4.74 Å². The summed E-state index contributed by atoms with van der Waals surface area (Å²) in [5, 5.41) is -0.806. The van der Waals surface area contributed by atoms with E-state index in [0.29, 0.717) is 0 Å². The van der Waals surface area contributed by atoms with Crippen LogP contribution in [-0.2, 0) is 14.8 Å². The van der Waals surface area contributed by atoms with Crippen LogP contribution in [-0.4, -0.2) is 25.4 Å². The van der Waals surface area contributed by atoms with Gasteiger partial charge in [0.2, 0.25) is 10.0 Å². The minimum absolute atomic E-state index is 0.721. The summed E-state index contributed by atoms with van der Waals surface area (Å²) in [6, 6.07) is 0. The summed E-state index contributed by atoms with van der Waals surface area (Å²) >= 11 is 0. The first-order valence-corrected chi connectivity index (χ1v) is 6.35. The maximum Gasteiger partial charge on any atom is 0.421 e. The lowest BCUT2D eigenvalue weighted by molar-refractivity contribution is 0.0570. The Bertz CT molecular complexity index is 416. The van der Waals surface area contributed by atoms with Crippen molar-refractivity contribution in [3.8, 4) is 0 Å². The Morgan fingerprint density at radius 3 is 2.19 bits per heavy atom. The van der Waals surface area contributed by atoms with E-state index in [-0.39, 0.29) is 0 Å². The summed E-state index contributed by atoms with van der Waals surface area (Å²) in [5.41, 5.74) is -0.721. The monoisotopic (exact) mass is 245 g/mol. The number of ether oxygens (including phenoxy) is 1. The van der Waals surface area contributed by atoms with Gasteiger partial charge in [-0.3, -0.25) is 0 Å². The molecule has 0 bridgehead atoms. The van der Waals surface area contributed by atoms with E-state index in [9.17, 15) is 13.2 Å². The summed E-state index contributed by atoms with van der Waals surface area (Å²) < 4.78 is 29.9. The molecule has 1 aliphatic rings. The Morgan fingerprint density at radius 2 is 1.75 bits per heavy atom. The van der Waals surface area contributed by atoms with Gasteiger partial charge in [0.15, 0.2) is 0 Å². The second-order valence-corrected chi connectivity index (χ2v) is 6.22. The lowest BCUT2D eigenvalue weighted by Gasteiger charge is -2.20. The third kappa shape index (κ3) is 3.69. The highest BCUT2D eigenvalue weighted by Crippen LogP contribution is 2.11. The number of hydrogen-bond acceptors (Lipinski definition) is 4. The standard InChI is InChI=1S/C10H15NO4S/c1-10(2,3)15-9(12)11-16(13,14)8-6-4-5-7-8/h4-8H,1-3H3,(H,11,12). The summed E-state index contributed by atoms with van der Waals surface area (Å²) in [6.07, 6.45) is 5.22. The van der Waals surface area contributed by atoms with Crippen LogP contribution in [0.15, 0.2) is 24.3 Å². The molecule has 1 amide bonds. The molecular weight excluding hydrogens is 230 g/mol. The third-order valence-electron chi connectivity index (χ3n) is 1.70. The number of hydrogen-bond donors (Lipinski definition) is 1. The first-order chi connectivity index (χ1) is 7.21. The molecule has 0 atom stereocenters. The van der Waals surface area contributed by atoms with Crippen molar-refractivity contribution in [2.75, 3.05) is 0 Å². The van der Waals surface area contributed by atoms with E-state index in [1.54, 1.807) is 32.9 Å². The topological polar surface area (TPSA) is 72.5 Å². The molecule has 1 N–H and O–H groups in total. The minimum atomic E-state index is -3.73. The molecule has 0 heterocycles. The highest BCUT2D eigenvalue weighted by Gasteiger charge is 2.26. The Balaban J connectivity index is 2.63. The molecule has 0 saturated heterocycles. The Kier molecular flexibility index (Phi) is 3.42. The van der Waals surface area contributed by atoms with Crippen molar-refractivity contribution in [2.45, 2.75) is 31.6 Å². The van der Waals surface area contributed by atoms with E-state index in [2.05, 4.69) is 0 Å². The molecule has 0 radical (unpaired) electrons. The molecule has 0 aromatic carbocycles. The number of rotatable bonds is 2. The molecule has 0 aromatic heterocycles. The molecule has 0 aromatic rings. The van der Waals surface area contributed by atoms with Crippen molar-refractivity contribution >= 4 is 16.1 Å². The minimum Gasteiger partial charge on any atom is -0.443 e. The highest BCUT2D eigenvalue weighted by atomic mass is 32.2. The van der Waals surface area contributed by atoms with E-state index in [1.807, 2.05) is 4.72 Å². The van der Waals surface area contributed by atoms with Gasteiger partial charge in [0.05, 0.1) is 0 Å². The molecule has 1 aliphatic carbocycles. The molecule has 5 nitrogen and oxygen atoms in total. The zero-order valence-electron chi connectivity index (χ0n) is 9.43. The smallest absolute Gasteiger partial charge is 0.421 e. The molecule has 90 valence electrons. The fourth-order valence-electron chi connectivity index (χ4n) is 1.10. The second kappa shape index (κ2) is 4.29. The van der Waals surface area contributed by atoms with Crippen LogP contribution in [0, 0.1) is 0 Å². The number of nitrogens with one attached hydrogen (secondary N) is 1. The van der Waals surface area contributed by atoms with Gasteiger partial charge in [0.25, 0.3) is 0 Å². The predicted molar refractivity (Wildman–Crippen MR) is 60.4 cm³/mol. The van der Waals surface area contributed by atoms with E-state index in [1.165, 1.54) is 12.2 Å². The van der Waals surface area contributed by atoms with Crippen LogP contribution in [0.3, 0.4) is 0 Å². The van der Waals surface area contributed by atoms with Crippen LogP contribution in [0.1, 0.15) is 20.8 Å². The van der Waals surface area contributed by atoms with Gasteiger partial charge in [-0.15, -0.1) is 0 Å². The van der Waals surface area contributed by atoms with Crippen LogP contribution in [0.25, 0.3) is 0 Å². The van der Waals surface area contributed by atoms with Crippen molar-refractivity contribution in [3.63, 3.8) is 0 Å². The molecule has 0 aliphatic heterocycles. The van der Waals surface area contributed by atoms with Crippen LogP contribution >= 0.6 is 0 Å². The van der Waals surface area contributed by atoms with Gasteiger partial charge in [0, 0.05) is 0 Å². The van der Waals surface area contributed by atoms with Crippen LogP contribution in [0.5, 0.6) is 0 Å². The molecule has 6 heteroatoms. The van der Waals surface area contributed by atoms with Gasteiger partial charge in [-0.05, 0) is 20.8 Å². The van der Waals surface area contributed by atoms with Gasteiger partial charge >= 0.3 is 6.09 Å². The largest absolute Gasteiger partial charge is 0.443 e. The molecule has 1 rings (SSSR count). The summed E-state index contributed by atoms with van der Waals surface area (Å²) in [5.74, 6) is 0. The zero-order valence-corrected chi connectivity index (χ0v) is 10.2. The number of amides is 1. The number of carbonyl (C=O) groups excluding carboxylic acids is 1. The predicted octanol–water partition coefficient (Wildman–Crippen LogP) is 1.34. The summed E-state index contributed by atoms with van der Waals surface area (Å²) in [7, 11) is -3.73. The molecule has 0 spiro atoms. The highest BCUT2D eigenvalue weighted by molar-refractivity contribution is 7.91. The van der Waals surface area contributed by atoms with E-state index in [0.717, 1.165) is 0 Å². The lowest BCUT2D eigenvalue weighted by Crippen LogP contribution is -2.39. The van der Waals surface area contributed by atoms with Gasteiger partial charge < -0.3 is 4.74 Å². The Morgan fingerprint density at radius 1 is 1.25 bits per heavy atom. The fourth-order valence-corrected chi connectivity index (χ4v) is 2.11. The van der Waals surface area contributed by atoms with Crippen LogP contribution in [0.4, 0.5) is 4.79 Å². The number of sulfonamides is 1. The normalized spacial score (nSPS) is 16.4. The lowest BCUT2D eigenvalue weighted by atomic mass is 10.2. The first kappa shape index (κ1) is 12.8. The third-order valence-corrected chi connectivity index (χ3v) is 3.18. The van der Waals surface area contributed by atoms with E-state index >= 15 is 0 Å². The van der Waals surface area contributed by atoms with Crippen molar-refractivity contribution in [1.29, 1.82) is 0 Å². The van der Waals surface area contributed by atoms with Gasteiger partial charge in [-0.1, -0.05) is 24.3 Å². The van der Waals surface area contributed by atoms with Gasteiger partial charge in [-0.2, -0.15) is 0 Å². The first-order valence-electron chi connectivity index (χ1n) is 4.80.